The van der Waals surface area contributed by atoms with Gasteiger partial charge in [0.15, 0.2) is 0 Å². The Balaban J connectivity index is 2.90. The average molecular weight is 266 g/mol. The molecule has 2 N–H and O–H groups in total. The number of amides is 1. The second-order valence-corrected chi connectivity index (χ2v) is 4.23. The lowest BCUT2D eigenvalue weighted by molar-refractivity contribution is -0.384. The highest BCUT2D eigenvalue weighted by atomic mass is 16.6. The van der Waals surface area contributed by atoms with Crippen LogP contribution < -0.4 is 5.32 Å². The van der Waals surface area contributed by atoms with E-state index in [0.717, 1.165) is 0 Å². The number of hydrogen-bond donors (Lipinski definition) is 2. The lowest BCUT2D eigenvalue weighted by atomic mass is 10.1. The van der Waals surface area contributed by atoms with E-state index in [0.29, 0.717) is 5.56 Å². The highest BCUT2D eigenvalue weighted by Gasteiger charge is 2.17. The highest BCUT2D eigenvalue weighted by Crippen LogP contribution is 2.17. The van der Waals surface area contributed by atoms with Crippen LogP contribution in [0.2, 0.25) is 0 Å². The van der Waals surface area contributed by atoms with Crippen molar-refractivity contribution in [3.63, 3.8) is 0 Å². The number of nitro groups is 1. The van der Waals surface area contributed by atoms with Crippen LogP contribution in [-0.2, 0) is 4.79 Å². The van der Waals surface area contributed by atoms with E-state index in [-0.39, 0.29) is 17.7 Å². The van der Waals surface area contributed by atoms with Gasteiger partial charge in [-0.05, 0) is 19.4 Å². The van der Waals surface area contributed by atoms with Crippen molar-refractivity contribution >= 4 is 17.6 Å². The lowest BCUT2D eigenvalue weighted by Crippen LogP contribution is -2.34. The summed E-state index contributed by atoms with van der Waals surface area (Å²) >= 11 is 0. The first-order valence-electron chi connectivity index (χ1n) is 5.59. The van der Waals surface area contributed by atoms with Gasteiger partial charge < -0.3 is 10.4 Å². The van der Waals surface area contributed by atoms with Crippen LogP contribution >= 0.6 is 0 Å². The number of hydrogen-bond acceptors (Lipinski definition) is 4. The van der Waals surface area contributed by atoms with Crippen molar-refractivity contribution in [2.45, 2.75) is 26.3 Å². The number of nitro benzene ring substituents is 1. The van der Waals surface area contributed by atoms with Crippen LogP contribution in [0.5, 0.6) is 0 Å². The maximum absolute atomic E-state index is 11.9. The van der Waals surface area contributed by atoms with Crippen molar-refractivity contribution in [3.8, 4) is 0 Å². The number of aryl methyl sites for hydroxylation is 1. The number of non-ortho nitro benzene ring substituents is 1. The van der Waals surface area contributed by atoms with E-state index >= 15 is 0 Å². The van der Waals surface area contributed by atoms with Crippen LogP contribution in [0, 0.1) is 17.0 Å². The average Bonchev–Trinajstić information content (AvgIpc) is 2.27. The fraction of sp³-hybridized carbons (Fsp3) is 0.333. The van der Waals surface area contributed by atoms with E-state index < -0.39 is 22.8 Å². The number of carboxylic acid groups (broad SMARTS) is 1. The molecule has 1 aromatic carbocycles. The number of benzene rings is 1. The van der Waals surface area contributed by atoms with Crippen molar-refractivity contribution < 1.29 is 19.6 Å². The van der Waals surface area contributed by atoms with Gasteiger partial charge in [-0.15, -0.1) is 0 Å². The zero-order valence-corrected chi connectivity index (χ0v) is 10.5. The van der Waals surface area contributed by atoms with Crippen molar-refractivity contribution in [2.75, 3.05) is 0 Å². The van der Waals surface area contributed by atoms with Crippen LogP contribution in [0.25, 0.3) is 0 Å². The number of carbonyl (C=O) groups is 2. The Bertz CT molecular complexity index is 527. The van der Waals surface area contributed by atoms with Crippen molar-refractivity contribution in [1.29, 1.82) is 0 Å². The molecule has 0 fully saturated rings. The summed E-state index contributed by atoms with van der Waals surface area (Å²) in [6.45, 7) is 3.21. The first-order chi connectivity index (χ1) is 8.81. The number of nitrogens with one attached hydrogen (secondary N) is 1. The molecule has 1 unspecified atom stereocenters. The van der Waals surface area contributed by atoms with Gasteiger partial charge >= 0.3 is 5.97 Å². The number of carbonyl (C=O) groups excluding carboxylic acids is 1. The third kappa shape index (κ3) is 4.06. The molecule has 0 saturated heterocycles. The van der Waals surface area contributed by atoms with E-state index in [9.17, 15) is 19.7 Å². The first-order valence-corrected chi connectivity index (χ1v) is 5.59. The van der Waals surface area contributed by atoms with E-state index in [1.54, 1.807) is 13.8 Å². The number of carboxylic acids is 1. The standard InChI is InChI=1S/C12H14N2O5/c1-7-3-4-9(14(18)19)6-10(7)12(17)13-8(2)5-11(15)16/h3-4,6,8H,5H2,1-2H3,(H,13,17)(H,15,16). The van der Waals surface area contributed by atoms with Gasteiger partial charge in [0, 0.05) is 23.7 Å². The fourth-order valence-electron chi connectivity index (χ4n) is 1.58. The van der Waals surface area contributed by atoms with Crippen LogP contribution in [-0.4, -0.2) is 27.9 Å². The molecule has 0 aliphatic rings. The smallest absolute Gasteiger partial charge is 0.305 e. The molecule has 0 aromatic heterocycles. The molecule has 0 aliphatic carbocycles. The molecule has 0 spiro atoms. The van der Waals surface area contributed by atoms with Crippen molar-refractivity contribution in [1.82, 2.24) is 5.32 Å². The Labute approximate surface area is 109 Å². The molecule has 0 bridgehead atoms. The zero-order chi connectivity index (χ0) is 14.6. The summed E-state index contributed by atoms with van der Waals surface area (Å²) in [6, 6.07) is 3.42. The summed E-state index contributed by atoms with van der Waals surface area (Å²) in [5, 5.41) is 21.7. The minimum absolute atomic E-state index is 0.173. The quantitative estimate of drug-likeness (QED) is 0.619. The maximum Gasteiger partial charge on any atom is 0.305 e. The Morgan fingerprint density at radius 1 is 1.47 bits per heavy atom. The molecular weight excluding hydrogens is 252 g/mol. The van der Waals surface area contributed by atoms with E-state index in [1.807, 2.05) is 0 Å². The third-order valence-electron chi connectivity index (χ3n) is 2.53. The van der Waals surface area contributed by atoms with Gasteiger partial charge in [0.1, 0.15) is 0 Å². The Kier molecular flexibility index (Phi) is 4.57. The van der Waals surface area contributed by atoms with Gasteiger partial charge in [0.05, 0.1) is 11.3 Å². The van der Waals surface area contributed by atoms with Gasteiger partial charge in [-0.1, -0.05) is 6.07 Å². The molecule has 1 rings (SSSR count). The molecule has 0 heterocycles. The molecule has 102 valence electrons. The summed E-state index contributed by atoms with van der Waals surface area (Å²) in [6.07, 6.45) is -0.209. The third-order valence-corrected chi connectivity index (χ3v) is 2.53. The number of aliphatic carboxylic acids is 1. The minimum atomic E-state index is -1.02. The second-order valence-electron chi connectivity index (χ2n) is 4.23. The van der Waals surface area contributed by atoms with Gasteiger partial charge in [-0.2, -0.15) is 0 Å². The van der Waals surface area contributed by atoms with Crippen molar-refractivity contribution in [2.24, 2.45) is 0 Å². The highest BCUT2D eigenvalue weighted by molar-refractivity contribution is 5.96. The summed E-state index contributed by atoms with van der Waals surface area (Å²) in [7, 11) is 0. The van der Waals surface area contributed by atoms with Gasteiger partial charge in [-0.25, -0.2) is 0 Å². The Morgan fingerprint density at radius 3 is 2.63 bits per heavy atom. The SMILES string of the molecule is Cc1ccc([N+](=O)[O-])cc1C(=O)NC(C)CC(=O)O. The number of nitrogens with zero attached hydrogens (tertiary/aromatic N) is 1. The molecule has 0 saturated carbocycles. The normalized spacial score (nSPS) is 11.7. The molecule has 7 heteroatoms. The summed E-state index contributed by atoms with van der Waals surface area (Å²) in [5.74, 6) is -1.54. The number of rotatable bonds is 5. The van der Waals surface area contributed by atoms with Crippen LogP contribution in [0.15, 0.2) is 18.2 Å². The van der Waals surface area contributed by atoms with Crippen LogP contribution in [0.3, 0.4) is 0 Å². The molecule has 1 aromatic rings. The first kappa shape index (κ1) is 14.6. The predicted molar refractivity (Wildman–Crippen MR) is 67.0 cm³/mol. The fourth-order valence-corrected chi connectivity index (χ4v) is 1.58. The molecule has 0 radical (unpaired) electrons. The minimum Gasteiger partial charge on any atom is -0.481 e. The summed E-state index contributed by atoms with van der Waals surface area (Å²) < 4.78 is 0. The Hall–Kier alpha value is -2.44. The maximum atomic E-state index is 11.9. The van der Waals surface area contributed by atoms with E-state index in [4.69, 9.17) is 5.11 Å². The van der Waals surface area contributed by atoms with Gasteiger partial charge in [0.2, 0.25) is 0 Å². The summed E-state index contributed by atoms with van der Waals surface area (Å²) in [5.41, 5.74) is 0.582. The van der Waals surface area contributed by atoms with E-state index in [2.05, 4.69) is 5.32 Å². The van der Waals surface area contributed by atoms with E-state index in [1.165, 1.54) is 18.2 Å². The lowest BCUT2D eigenvalue weighted by Gasteiger charge is -2.12. The van der Waals surface area contributed by atoms with Gasteiger partial charge in [-0.3, -0.25) is 19.7 Å². The molecule has 1 amide bonds. The topological polar surface area (TPSA) is 110 Å². The zero-order valence-electron chi connectivity index (χ0n) is 10.5. The van der Waals surface area contributed by atoms with Crippen LogP contribution in [0.4, 0.5) is 5.69 Å². The van der Waals surface area contributed by atoms with Gasteiger partial charge in [0.25, 0.3) is 11.6 Å². The van der Waals surface area contributed by atoms with Crippen molar-refractivity contribution in [3.05, 3.63) is 39.4 Å². The summed E-state index contributed by atoms with van der Waals surface area (Å²) in [4.78, 5) is 32.5. The second kappa shape index (κ2) is 5.94. The Morgan fingerprint density at radius 2 is 2.11 bits per heavy atom. The molecule has 7 nitrogen and oxygen atoms in total. The molecule has 19 heavy (non-hydrogen) atoms. The largest absolute Gasteiger partial charge is 0.481 e. The predicted octanol–water partition coefficient (Wildman–Crippen LogP) is 1.50. The van der Waals surface area contributed by atoms with Crippen LogP contribution in [0.1, 0.15) is 29.3 Å². The molecule has 0 aliphatic heterocycles. The molecular formula is C12H14N2O5. The molecule has 1 atom stereocenters. The monoisotopic (exact) mass is 266 g/mol.